The van der Waals surface area contributed by atoms with Crippen molar-refractivity contribution in [2.45, 2.75) is 46.6 Å². The number of amides is 1. The molecule has 0 aromatic heterocycles. The molecule has 0 radical (unpaired) electrons. The van der Waals surface area contributed by atoms with Crippen molar-refractivity contribution in [3.05, 3.63) is 23.4 Å². The van der Waals surface area contributed by atoms with Gasteiger partial charge in [-0.15, -0.1) is 0 Å². The molecule has 0 spiro atoms. The minimum Gasteiger partial charge on any atom is -0.446 e. The summed E-state index contributed by atoms with van der Waals surface area (Å²) in [5.41, 5.74) is 1.27. The van der Waals surface area contributed by atoms with Crippen LogP contribution in [0.25, 0.3) is 0 Å². The highest BCUT2D eigenvalue weighted by atomic mass is 16.6. The minimum absolute atomic E-state index is 0.0884. The summed E-state index contributed by atoms with van der Waals surface area (Å²) in [6.45, 7) is 7.79. The Bertz CT molecular complexity index is 394. The molecule has 1 aliphatic heterocycles. The molecule has 1 aliphatic rings. The van der Waals surface area contributed by atoms with Gasteiger partial charge in [-0.1, -0.05) is 12.2 Å². The first kappa shape index (κ1) is 14.5. The zero-order valence-corrected chi connectivity index (χ0v) is 11.5. The Hall–Kier alpha value is -1.58. The molecule has 0 N–H and O–H groups in total. The standard InChI is InChI=1S/C14H21NO3/c1-5-11-12(6-2)15(9-7-8-13(11)16)14(17)18-10(3)4/h5-6,10H,7-9H2,1-4H3/b11-5+,12-6+. The molecule has 18 heavy (non-hydrogen) atoms. The second-order valence-electron chi connectivity index (χ2n) is 4.49. The van der Waals surface area contributed by atoms with E-state index in [0.29, 0.717) is 30.7 Å². The van der Waals surface area contributed by atoms with Gasteiger partial charge in [-0.05, 0) is 34.1 Å². The monoisotopic (exact) mass is 251 g/mol. The number of Topliss-reactive ketones (excluding diaryl/α,β-unsaturated/α-hetero) is 1. The number of ketones is 1. The van der Waals surface area contributed by atoms with E-state index in [4.69, 9.17) is 4.74 Å². The van der Waals surface area contributed by atoms with Crippen LogP contribution in [0, 0.1) is 0 Å². The summed E-state index contributed by atoms with van der Waals surface area (Å²) < 4.78 is 5.21. The third-order valence-corrected chi connectivity index (χ3v) is 2.77. The van der Waals surface area contributed by atoms with Crippen LogP contribution in [0.4, 0.5) is 4.79 Å². The molecule has 0 unspecified atom stereocenters. The number of rotatable bonds is 1. The molecule has 4 nitrogen and oxygen atoms in total. The van der Waals surface area contributed by atoms with Crippen LogP contribution in [0.3, 0.4) is 0 Å². The Morgan fingerprint density at radius 1 is 1.33 bits per heavy atom. The Labute approximate surface area is 108 Å². The van der Waals surface area contributed by atoms with Crippen LogP contribution in [0.5, 0.6) is 0 Å². The van der Waals surface area contributed by atoms with Crippen LogP contribution < -0.4 is 0 Å². The maximum Gasteiger partial charge on any atom is 0.414 e. The van der Waals surface area contributed by atoms with Crippen molar-refractivity contribution >= 4 is 11.9 Å². The topological polar surface area (TPSA) is 46.6 Å². The fraction of sp³-hybridized carbons (Fsp3) is 0.571. The number of carbonyl (C=O) groups excluding carboxylic acids is 2. The molecule has 4 heteroatoms. The van der Waals surface area contributed by atoms with E-state index in [2.05, 4.69) is 0 Å². The van der Waals surface area contributed by atoms with Crippen molar-refractivity contribution in [2.24, 2.45) is 0 Å². The van der Waals surface area contributed by atoms with Gasteiger partial charge in [-0.2, -0.15) is 0 Å². The average molecular weight is 251 g/mol. The molecular weight excluding hydrogens is 230 g/mol. The van der Waals surface area contributed by atoms with Crippen LogP contribution >= 0.6 is 0 Å². The third-order valence-electron chi connectivity index (χ3n) is 2.77. The predicted molar refractivity (Wildman–Crippen MR) is 70.1 cm³/mol. The van der Waals surface area contributed by atoms with Gasteiger partial charge in [-0.25, -0.2) is 4.79 Å². The second-order valence-corrected chi connectivity index (χ2v) is 4.49. The number of hydrogen-bond donors (Lipinski definition) is 0. The van der Waals surface area contributed by atoms with Crippen LogP contribution in [0.1, 0.15) is 40.5 Å². The summed E-state index contributed by atoms with van der Waals surface area (Å²) in [6, 6.07) is 0. The third kappa shape index (κ3) is 3.22. The lowest BCUT2D eigenvalue weighted by Crippen LogP contribution is -2.33. The van der Waals surface area contributed by atoms with Gasteiger partial charge in [0.1, 0.15) is 0 Å². The summed E-state index contributed by atoms with van der Waals surface area (Å²) in [6.07, 6.45) is 4.15. The van der Waals surface area contributed by atoms with Crippen LogP contribution in [0.15, 0.2) is 23.4 Å². The second kappa shape index (κ2) is 6.38. The van der Waals surface area contributed by atoms with Gasteiger partial charge < -0.3 is 4.74 Å². The Morgan fingerprint density at radius 2 is 2.00 bits per heavy atom. The van der Waals surface area contributed by atoms with Crippen molar-refractivity contribution in [1.82, 2.24) is 4.90 Å². The van der Waals surface area contributed by atoms with Gasteiger partial charge in [0.2, 0.25) is 0 Å². The molecule has 1 saturated heterocycles. The van der Waals surface area contributed by atoms with E-state index in [1.807, 2.05) is 27.7 Å². The van der Waals surface area contributed by atoms with Crippen molar-refractivity contribution in [3.63, 3.8) is 0 Å². The normalized spacial score (nSPS) is 21.6. The number of allylic oxidation sites excluding steroid dienone is 3. The van der Waals surface area contributed by atoms with Gasteiger partial charge in [0.05, 0.1) is 11.8 Å². The molecule has 1 rings (SSSR count). The summed E-state index contributed by atoms with van der Waals surface area (Å²) in [5, 5.41) is 0. The first-order valence-corrected chi connectivity index (χ1v) is 6.35. The highest BCUT2D eigenvalue weighted by Crippen LogP contribution is 2.24. The van der Waals surface area contributed by atoms with Crippen molar-refractivity contribution in [3.8, 4) is 0 Å². The maximum absolute atomic E-state index is 12.0. The maximum atomic E-state index is 12.0. The van der Waals surface area contributed by atoms with E-state index in [9.17, 15) is 9.59 Å². The molecule has 0 aromatic carbocycles. The lowest BCUT2D eigenvalue weighted by atomic mass is 10.1. The van der Waals surface area contributed by atoms with Gasteiger partial charge in [0.15, 0.2) is 5.78 Å². The number of likely N-dealkylation sites (tertiary alicyclic amines) is 1. The summed E-state index contributed by atoms with van der Waals surface area (Å²) in [5.74, 6) is 0.0884. The van der Waals surface area contributed by atoms with E-state index < -0.39 is 0 Å². The van der Waals surface area contributed by atoms with Crippen molar-refractivity contribution < 1.29 is 14.3 Å². The molecule has 0 saturated carbocycles. The minimum atomic E-state index is -0.382. The van der Waals surface area contributed by atoms with Gasteiger partial charge >= 0.3 is 6.09 Å². The van der Waals surface area contributed by atoms with Crippen LogP contribution in [0.2, 0.25) is 0 Å². The van der Waals surface area contributed by atoms with Crippen LogP contribution in [-0.2, 0) is 9.53 Å². The fourth-order valence-electron chi connectivity index (χ4n) is 2.02. The average Bonchev–Trinajstić information content (AvgIpc) is 2.46. The Balaban J connectivity index is 3.03. The Kier molecular flexibility index (Phi) is 5.13. The summed E-state index contributed by atoms with van der Waals surface area (Å²) >= 11 is 0. The highest BCUT2D eigenvalue weighted by molar-refractivity contribution is 6.00. The van der Waals surface area contributed by atoms with E-state index in [-0.39, 0.29) is 18.0 Å². The quantitative estimate of drug-likeness (QED) is 0.673. The highest BCUT2D eigenvalue weighted by Gasteiger charge is 2.28. The van der Waals surface area contributed by atoms with Gasteiger partial charge in [0, 0.05) is 18.5 Å². The number of hydrogen-bond acceptors (Lipinski definition) is 3. The fourth-order valence-corrected chi connectivity index (χ4v) is 2.02. The van der Waals surface area contributed by atoms with Crippen molar-refractivity contribution in [2.75, 3.05) is 6.54 Å². The summed E-state index contributed by atoms with van der Waals surface area (Å²) in [4.78, 5) is 25.5. The molecule has 0 atom stereocenters. The molecular formula is C14H21NO3. The first-order chi connectivity index (χ1) is 8.51. The van der Waals surface area contributed by atoms with Crippen molar-refractivity contribution in [1.29, 1.82) is 0 Å². The van der Waals surface area contributed by atoms with E-state index in [0.717, 1.165) is 0 Å². The molecule has 1 heterocycles. The smallest absolute Gasteiger partial charge is 0.414 e. The molecule has 0 aromatic rings. The SMILES string of the molecule is C/C=C1/C(=O)CCCN(C(=O)OC(C)C)/C1=C/C. The zero-order valence-electron chi connectivity index (χ0n) is 11.5. The molecule has 1 amide bonds. The number of nitrogens with zero attached hydrogens (tertiary/aromatic N) is 1. The first-order valence-electron chi connectivity index (χ1n) is 6.35. The van der Waals surface area contributed by atoms with E-state index in [1.165, 1.54) is 0 Å². The van der Waals surface area contributed by atoms with E-state index in [1.54, 1.807) is 17.1 Å². The van der Waals surface area contributed by atoms with Gasteiger partial charge in [-0.3, -0.25) is 9.69 Å². The zero-order chi connectivity index (χ0) is 13.7. The molecule has 1 fully saturated rings. The number of ether oxygens (including phenoxy) is 1. The van der Waals surface area contributed by atoms with Gasteiger partial charge in [0.25, 0.3) is 0 Å². The predicted octanol–water partition coefficient (Wildman–Crippen LogP) is 3.05. The lowest BCUT2D eigenvalue weighted by molar-refractivity contribution is -0.115. The van der Waals surface area contributed by atoms with Crippen LogP contribution in [-0.4, -0.2) is 29.4 Å². The Morgan fingerprint density at radius 3 is 2.50 bits per heavy atom. The largest absolute Gasteiger partial charge is 0.446 e. The van der Waals surface area contributed by atoms with E-state index >= 15 is 0 Å². The molecule has 100 valence electrons. The lowest BCUT2D eigenvalue weighted by Gasteiger charge is -2.24. The molecule has 0 aliphatic carbocycles. The molecule has 0 bridgehead atoms. The summed E-state index contributed by atoms with van der Waals surface area (Å²) in [7, 11) is 0. The number of carbonyl (C=O) groups is 2.